The minimum atomic E-state index is -1.21. The van der Waals surface area contributed by atoms with E-state index in [0.717, 1.165) is 38.2 Å². The molecule has 15 N–H and O–H groups in total. The lowest BCUT2D eigenvalue weighted by Crippen LogP contribution is -2.56. The summed E-state index contributed by atoms with van der Waals surface area (Å²) in [5.74, 6) is -4.65. The fourth-order valence-electron chi connectivity index (χ4n) is 10.5. The van der Waals surface area contributed by atoms with Gasteiger partial charge in [0.05, 0.1) is 26.2 Å². The summed E-state index contributed by atoms with van der Waals surface area (Å²) in [7, 11) is 0. The van der Waals surface area contributed by atoms with Crippen molar-refractivity contribution >= 4 is 68.8 Å². The molecule has 0 aromatic heterocycles. The second-order valence-electron chi connectivity index (χ2n) is 22.4. The van der Waals surface area contributed by atoms with E-state index in [2.05, 4.69) is 26.6 Å². The van der Waals surface area contributed by atoms with Gasteiger partial charge < -0.3 is 70.0 Å². The predicted molar refractivity (Wildman–Crippen MR) is 342 cm³/mol. The van der Waals surface area contributed by atoms with Crippen molar-refractivity contribution in [3.8, 4) is 0 Å². The summed E-state index contributed by atoms with van der Waals surface area (Å²) in [5.41, 5.74) is 32.5. The molecule has 0 saturated carbocycles. The summed E-state index contributed by atoms with van der Waals surface area (Å²) >= 11 is 0. The first-order valence-electron chi connectivity index (χ1n) is 30.9. The number of unbranched alkanes of at least 4 members (excludes halogenated alkanes) is 5. The topological polar surface area (TPSA) is 337 Å². The molecule has 0 fully saturated rings. The summed E-state index contributed by atoms with van der Waals surface area (Å²) in [6, 6.07) is 30.5. The summed E-state index contributed by atoms with van der Waals surface area (Å²) < 4.78 is 0. The Morgan fingerprint density at radius 3 is 1.32 bits per heavy atom. The average molecular weight is 1200 g/mol. The summed E-state index contributed by atoms with van der Waals surface area (Å²) in [4.78, 5) is 118. The molecule has 5 aromatic carbocycles. The van der Waals surface area contributed by atoms with Gasteiger partial charge in [0.1, 0.15) is 24.2 Å². The Morgan fingerprint density at radius 1 is 0.437 bits per heavy atom. The number of aryl methyl sites for hydroxylation is 1. The number of carbonyl (C=O) groups excluding carboxylic acids is 8. The number of amides is 8. The number of benzene rings is 5. The highest BCUT2D eigenvalue weighted by Crippen LogP contribution is 2.22. The second-order valence-corrected chi connectivity index (χ2v) is 22.4. The van der Waals surface area contributed by atoms with E-state index in [1.807, 2.05) is 123 Å². The number of rotatable bonds is 41. The smallest absolute Gasteiger partial charge is 0.245 e. The van der Waals surface area contributed by atoms with Crippen LogP contribution in [-0.2, 0) is 58.0 Å². The van der Waals surface area contributed by atoms with Crippen LogP contribution in [0.25, 0.3) is 21.5 Å². The van der Waals surface area contributed by atoms with Gasteiger partial charge in [-0.3, -0.25) is 38.4 Å². The molecule has 0 unspecified atom stereocenters. The van der Waals surface area contributed by atoms with E-state index >= 15 is 4.79 Å². The lowest BCUT2D eigenvalue weighted by atomic mass is 10.0. The Balaban J connectivity index is 1.43. The number of nitrogens with two attached hydrogens (primary N) is 5. The molecule has 0 aliphatic carbocycles. The van der Waals surface area contributed by atoms with Crippen LogP contribution in [-0.4, -0.2) is 145 Å². The Morgan fingerprint density at radius 2 is 0.839 bits per heavy atom. The number of primary amides is 1. The summed E-state index contributed by atoms with van der Waals surface area (Å²) in [6.07, 6.45) is 6.27. The Hall–Kier alpha value is -7.82. The maximum Gasteiger partial charge on any atom is 0.245 e. The fraction of sp³-hybridized carbons (Fsp3) is 0.485. The SMILES string of the molecule is CCCCN(CC(=O)N[C@@H](CCCCN)C(N)=O)C(=O)[C@H](CCCCN)NC(=O)CN(Cc1cccc2ccccc12)C(=O)[C@H](CCCCN)NC(=O)CN(Cc1ccc(C)cc1)C(=O)[C@H](CCCCN)NC(=O)CNCc1cccc2ccccc12. The Kier molecular flexibility index (Phi) is 30.8. The third-order valence-corrected chi connectivity index (χ3v) is 15.3. The van der Waals surface area contributed by atoms with Crippen LogP contribution in [0.2, 0.25) is 0 Å². The zero-order valence-corrected chi connectivity index (χ0v) is 51.1. The van der Waals surface area contributed by atoms with Gasteiger partial charge in [-0.15, -0.1) is 0 Å². The molecule has 0 radical (unpaired) electrons. The molecule has 0 heterocycles. The van der Waals surface area contributed by atoms with E-state index < -0.39 is 91.1 Å². The molecule has 21 heteroatoms. The summed E-state index contributed by atoms with van der Waals surface area (Å²) in [6.45, 7) is 4.30. The van der Waals surface area contributed by atoms with Crippen molar-refractivity contribution in [2.45, 2.75) is 148 Å². The van der Waals surface area contributed by atoms with Crippen LogP contribution in [0, 0.1) is 6.92 Å². The second kappa shape index (κ2) is 38.4. The third-order valence-electron chi connectivity index (χ3n) is 15.3. The molecule has 21 nitrogen and oxygen atoms in total. The average Bonchev–Trinajstić information content (AvgIpc) is 2.23. The van der Waals surface area contributed by atoms with Crippen LogP contribution < -0.4 is 55.3 Å². The van der Waals surface area contributed by atoms with Gasteiger partial charge >= 0.3 is 0 Å². The van der Waals surface area contributed by atoms with Gasteiger partial charge in [-0.2, -0.15) is 0 Å². The highest BCUT2D eigenvalue weighted by molar-refractivity contribution is 5.96. The summed E-state index contributed by atoms with van der Waals surface area (Å²) in [5, 5.41) is 18.6. The minimum Gasteiger partial charge on any atom is -0.368 e. The highest BCUT2D eigenvalue weighted by atomic mass is 16.2. The van der Waals surface area contributed by atoms with E-state index in [9.17, 15) is 33.6 Å². The third kappa shape index (κ3) is 23.8. The largest absolute Gasteiger partial charge is 0.368 e. The van der Waals surface area contributed by atoms with Crippen molar-refractivity contribution in [2.24, 2.45) is 28.7 Å². The number of nitrogens with one attached hydrogen (secondary N) is 5. The molecule has 0 spiro atoms. The van der Waals surface area contributed by atoms with Crippen molar-refractivity contribution in [1.29, 1.82) is 0 Å². The molecule has 0 aliphatic rings. The first-order valence-corrected chi connectivity index (χ1v) is 30.9. The molecule has 472 valence electrons. The van der Waals surface area contributed by atoms with Crippen molar-refractivity contribution in [3.63, 3.8) is 0 Å². The van der Waals surface area contributed by atoms with Crippen LogP contribution in [0.15, 0.2) is 109 Å². The Bertz CT molecular complexity index is 2990. The molecule has 5 rings (SSSR count). The number of carbonyl (C=O) groups is 8. The van der Waals surface area contributed by atoms with E-state index in [0.29, 0.717) is 102 Å². The quantitative estimate of drug-likeness (QED) is 0.0248. The molecule has 5 aromatic rings. The first kappa shape index (κ1) is 69.9. The van der Waals surface area contributed by atoms with Crippen LogP contribution >= 0.6 is 0 Å². The van der Waals surface area contributed by atoms with E-state index in [-0.39, 0.29) is 51.9 Å². The normalized spacial score (nSPS) is 12.6. The van der Waals surface area contributed by atoms with Gasteiger partial charge in [0.25, 0.3) is 0 Å². The van der Waals surface area contributed by atoms with Crippen molar-refractivity contribution in [1.82, 2.24) is 41.3 Å². The minimum absolute atomic E-state index is 0.00311. The molecule has 0 aliphatic heterocycles. The number of hydrogen-bond acceptors (Lipinski definition) is 13. The van der Waals surface area contributed by atoms with Gasteiger partial charge in [0.15, 0.2) is 0 Å². The standard InChI is InChI=1S/C66H95N13O8/c1-3-4-39-77(44-60(81)73-55(63(71)84)27-9-13-35-67)64(85)56(28-10-14-36-68)75-62(83)46-79(43-52-24-18-22-50-20-6-8-26-54(50)52)66(87)58(30-12-16-38-70)76-61(82)45-78(42-48-33-31-47(2)32-34-48)65(86)57(29-11-15-37-69)74-59(80)41-72-40-51-23-17-21-49-19-5-7-25-53(49)51/h5-8,17-26,31-34,55-58,72H,3-4,9-16,27-30,35-46,67-70H2,1-2H3,(H2,71,84)(H,73,81)(H,74,80)(H,75,83)(H,76,82)/t55-,56-,57-,58-/m0/s1. The number of fused-ring (bicyclic) bond motifs is 2. The zero-order chi connectivity index (χ0) is 62.9. The van der Waals surface area contributed by atoms with E-state index in [4.69, 9.17) is 28.7 Å². The maximum absolute atomic E-state index is 15.4. The molecule has 87 heavy (non-hydrogen) atoms. The Labute approximate surface area is 513 Å². The van der Waals surface area contributed by atoms with E-state index in [1.165, 1.54) is 14.7 Å². The van der Waals surface area contributed by atoms with Crippen molar-refractivity contribution in [2.75, 3.05) is 58.9 Å². The number of hydrogen-bond donors (Lipinski definition) is 10. The monoisotopic (exact) mass is 1200 g/mol. The molecule has 8 amide bonds. The van der Waals surface area contributed by atoms with Gasteiger partial charge in [-0.05, 0) is 155 Å². The molecular formula is C66H95N13O8. The molecule has 4 atom stereocenters. The van der Waals surface area contributed by atoms with Gasteiger partial charge in [0.2, 0.25) is 47.3 Å². The van der Waals surface area contributed by atoms with Crippen molar-refractivity contribution < 1.29 is 38.4 Å². The molecule has 0 saturated heterocycles. The molecule has 0 bridgehead atoms. The van der Waals surface area contributed by atoms with Crippen LogP contribution in [0.4, 0.5) is 0 Å². The van der Waals surface area contributed by atoms with Gasteiger partial charge in [0, 0.05) is 26.2 Å². The van der Waals surface area contributed by atoms with Gasteiger partial charge in [-0.25, -0.2) is 0 Å². The van der Waals surface area contributed by atoms with E-state index in [1.54, 1.807) is 0 Å². The predicted octanol–water partition coefficient (Wildman–Crippen LogP) is 4.02. The van der Waals surface area contributed by atoms with Crippen LogP contribution in [0.1, 0.15) is 119 Å². The lowest BCUT2D eigenvalue weighted by molar-refractivity contribution is -0.143. The lowest BCUT2D eigenvalue weighted by Gasteiger charge is -2.31. The van der Waals surface area contributed by atoms with Gasteiger partial charge in [-0.1, -0.05) is 128 Å². The number of nitrogens with zero attached hydrogens (tertiary/aromatic N) is 3. The van der Waals surface area contributed by atoms with Crippen molar-refractivity contribution in [3.05, 3.63) is 131 Å². The van der Waals surface area contributed by atoms with Crippen LogP contribution in [0.5, 0.6) is 0 Å². The highest BCUT2D eigenvalue weighted by Gasteiger charge is 2.34. The first-order chi connectivity index (χ1) is 42.1. The van der Waals surface area contributed by atoms with Crippen LogP contribution in [0.3, 0.4) is 0 Å². The zero-order valence-electron chi connectivity index (χ0n) is 51.1. The molecular weight excluding hydrogens is 1100 g/mol. The maximum atomic E-state index is 15.4. The fourth-order valence-corrected chi connectivity index (χ4v) is 10.5.